The van der Waals surface area contributed by atoms with Crippen LogP contribution in [-0.2, 0) is 38.2 Å². The summed E-state index contributed by atoms with van der Waals surface area (Å²) >= 11 is 0. The van der Waals surface area contributed by atoms with Gasteiger partial charge in [-0.05, 0) is 37.5 Å². The van der Waals surface area contributed by atoms with E-state index in [9.17, 15) is 28.8 Å². The van der Waals surface area contributed by atoms with Crippen LogP contribution in [0.4, 0.5) is 0 Å². The van der Waals surface area contributed by atoms with E-state index in [0.29, 0.717) is 0 Å². The van der Waals surface area contributed by atoms with Gasteiger partial charge in [-0.15, -0.1) is 0 Å². The fourth-order valence-corrected chi connectivity index (χ4v) is 6.50. The quantitative estimate of drug-likeness (QED) is 0.247. The summed E-state index contributed by atoms with van der Waals surface area (Å²) in [6, 6.07) is -1.78. The van der Waals surface area contributed by atoms with E-state index in [1.807, 2.05) is 12.2 Å². The minimum atomic E-state index is -0.893. The maximum Gasteiger partial charge on any atom is 0.324 e. The molecular formula is C22H26N4O8. The van der Waals surface area contributed by atoms with Crippen LogP contribution >= 0.6 is 0 Å². The predicted octanol–water partition coefficient (Wildman–Crippen LogP) is -2.05. The summed E-state index contributed by atoms with van der Waals surface area (Å²) < 4.78 is 10.0. The molecule has 2 aliphatic heterocycles. The molecule has 2 saturated carbocycles. The molecule has 0 aromatic rings. The summed E-state index contributed by atoms with van der Waals surface area (Å²) in [7, 11) is 0. The van der Waals surface area contributed by atoms with E-state index >= 15 is 0 Å². The Hall–Kier alpha value is -3.12. The molecular weight excluding hydrogens is 448 g/mol. The second-order valence-electron chi connectivity index (χ2n) is 9.77. The number of imide groups is 2. The van der Waals surface area contributed by atoms with Crippen LogP contribution < -0.4 is 11.5 Å². The van der Waals surface area contributed by atoms with Crippen molar-refractivity contribution in [1.29, 1.82) is 0 Å². The normalized spacial score (nSPS) is 38.8. The number of likely N-dealkylation sites (tertiary alicyclic amines) is 2. The van der Waals surface area contributed by atoms with E-state index in [1.54, 1.807) is 0 Å². The molecule has 2 heterocycles. The van der Waals surface area contributed by atoms with E-state index < -0.39 is 96.6 Å². The minimum Gasteiger partial charge on any atom is -0.443 e. The number of ether oxygens (including phenoxy) is 2. The van der Waals surface area contributed by atoms with Crippen molar-refractivity contribution in [3.05, 3.63) is 12.2 Å². The molecule has 2 saturated heterocycles. The third-order valence-electron chi connectivity index (χ3n) is 7.94. The van der Waals surface area contributed by atoms with Crippen molar-refractivity contribution in [2.24, 2.45) is 58.8 Å². The van der Waals surface area contributed by atoms with Crippen molar-refractivity contribution >= 4 is 35.6 Å². The van der Waals surface area contributed by atoms with E-state index in [2.05, 4.69) is 0 Å². The van der Waals surface area contributed by atoms with E-state index in [0.717, 1.165) is 9.80 Å². The van der Waals surface area contributed by atoms with Gasteiger partial charge in [0.2, 0.25) is 23.6 Å². The molecule has 10 atom stereocenters. The highest BCUT2D eigenvalue weighted by molar-refractivity contribution is 6.09. The first-order valence-electron chi connectivity index (χ1n) is 11.3. The number of allylic oxidation sites excluding steroid dienone is 2. The highest BCUT2D eigenvalue weighted by Gasteiger charge is 2.75. The van der Waals surface area contributed by atoms with Crippen molar-refractivity contribution in [3.63, 3.8) is 0 Å². The van der Waals surface area contributed by atoms with Gasteiger partial charge in [0, 0.05) is 0 Å². The van der Waals surface area contributed by atoms with Crippen molar-refractivity contribution < 1.29 is 38.2 Å². The second kappa shape index (κ2) is 7.70. The van der Waals surface area contributed by atoms with Gasteiger partial charge in [0.25, 0.3) is 0 Å². The lowest BCUT2D eigenvalue weighted by Crippen LogP contribution is -2.63. The summed E-state index contributed by atoms with van der Waals surface area (Å²) in [5, 5.41) is 0. The summed E-state index contributed by atoms with van der Waals surface area (Å²) in [6.07, 6.45) is 3.73. The first-order chi connectivity index (χ1) is 16.1. The summed E-state index contributed by atoms with van der Waals surface area (Å²) in [6.45, 7) is 1.86. The molecule has 0 aromatic carbocycles. The third-order valence-corrected chi connectivity index (χ3v) is 7.94. The highest BCUT2D eigenvalue weighted by Crippen LogP contribution is 2.68. The Bertz CT molecular complexity index is 982. The largest absolute Gasteiger partial charge is 0.443 e. The van der Waals surface area contributed by atoms with Gasteiger partial charge in [-0.3, -0.25) is 28.8 Å². The lowest BCUT2D eigenvalue weighted by molar-refractivity contribution is -0.166. The molecule has 0 unspecified atom stereocenters. The van der Waals surface area contributed by atoms with Gasteiger partial charge in [-0.1, -0.05) is 12.2 Å². The maximum atomic E-state index is 13.2. The lowest BCUT2D eigenvalue weighted by atomic mass is 9.40. The van der Waals surface area contributed by atoms with Crippen LogP contribution in [-0.4, -0.2) is 70.9 Å². The molecule has 6 aliphatic rings. The standard InChI is InChI=1S/C22H26N4O8/c1-7(23)21(31)33-5-25-17(27)13-9-3-4-10(14(13)18(25)28)12-11(9)15-16(12)20(30)26(19(15)29)6-34-22(32)8(2)24/h3-4,7-16H,5-6,23-24H2,1-2H3/t7-,8+,9+,10+,11+,12+,13-,14+,15+,16+/m0/s1. The monoisotopic (exact) mass is 474 g/mol. The fourth-order valence-electron chi connectivity index (χ4n) is 6.50. The average molecular weight is 474 g/mol. The first kappa shape index (κ1) is 22.7. The molecule has 34 heavy (non-hydrogen) atoms. The van der Waals surface area contributed by atoms with E-state index in [4.69, 9.17) is 20.9 Å². The van der Waals surface area contributed by atoms with Gasteiger partial charge in [-0.25, -0.2) is 9.80 Å². The average Bonchev–Trinajstić information content (AvgIpc) is 3.14. The molecule has 182 valence electrons. The van der Waals surface area contributed by atoms with Gasteiger partial charge in [0.05, 0.1) is 23.7 Å². The smallest absolute Gasteiger partial charge is 0.324 e. The van der Waals surface area contributed by atoms with Crippen molar-refractivity contribution in [2.75, 3.05) is 13.5 Å². The Morgan fingerprint density at radius 2 is 1.06 bits per heavy atom. The SMILES string of the molecule is C[C@H](N)C(=O)OCN1C(=O)[C@@H]2[C@@H]3C=C[C@@H]([C@@H]2C1=O)[C@H]1[C@H]2C(=O)N(COC(=O)[C@@H](C)N)C(=O)[C@@H]2[C@H]31. The lowest BCUT2D eigenvalue weighted by Gasteiger charge is -2.60. The number of carbonyl (C=O) groups is 6. The molecule has 0 spiro atoms. The molecule has 12 nitrogen and oxygen atoms in total. The Labute approximate surface area is 194 Å². The van der Waals surface area contributed by atoms with Gasteiger partial charge < -0.3 is 20.9 Å². The summed E-state index contributed by atoms with van der Waals surface area (Å²) in [5.41, 5.74) is 10.9. The van der Waals surface area contributed by atoms with Crippen LogP contribution in [0.1, 0.15) is 13.8 Å². The molecule has 0 aromatic heterocycles. The number of hydrogen-bond donors (Lipinski definition) is 2. The third kappa shape index (κ3) is 2.91. The number of nitrogens with zero attached hydrogens (tertiary/aromatic N) is 2. The number of esters is 2. The van der Waals surface area contributed by atoms with Gasteiger partial charge >= 0.3 is 11.9 Å². The highest BCUT2D eigenvalue weighted by atomic mass is 16.6. The van der Waals surface area contributed by atoms with Crippen LogP contribution in [0.25, 0.3) is 0 Å². The molecule has 2 bridgehead atoms. The Morgan fingerprint density at radius 1 is 0.735 bits per heavy atom. The molecule has 4 amide bonds. The van der Waals surface area contributed by atoms with Gasteiger partial charge in [-0.2, -0.15) is 0 Å². The van der Waals surface area contributed by atoms with Crippen molar-refractivity contribution in [2.45, 2.75) is 25.9 Å². The molecule has 4 N–H and O–H groups in total. The number of amides is 4. The van der Waals surface area contributed by atoms with Crippen LogP contribution in [0.3, 0.4) is 0 Å². The zero-order chi connectivity index (χ0) is 24.6. The number of nitrogens with two attached hydrogens (primary N) is 2. The van der Waals surface area contributed by atoms with Crippen LogP contribution in [0.2, 0.25) is 0 Å². The number of hydrogen-bond acceptors (Lipinski definition) is 10. The molecule has 12 heteroatoms. The van der Waals surface area contributed by atoms with Crippen molar-refractivity contribution in [3.8, 4) is 0 Å². The molecule has 4 fully saturated rings. The topological polar surface area (TPSA) is 179 Å². The molecule has 0 radical (unpaired) electrons. The molecule has 4 aliphatic carbocycles. The summed E-state index contributed by atoms with van der Waals surface area (Å²) in [4.78, 5) is 77.7. The molecule has 6 rings (SSSR count). The Balaban J connectivity index is 1.35. The van der Waals surface area contributed by atoms with Gasteiger partial charge in [0.15, 0.2) is 13.5 Å². The first-order valence-corrected chi connectivity index (χ1v) is 11.3. The Morgan fingerprint density at radius 3 is 1.38 bits per heavy atom. The van der Waals surface area contributed by atoms with E-state index in [1.165, 1.54) is 13.8 Å². The second-order valence-corrected chi connectivity index (χ2v) is 9.77. The number of fused-ring (bicyclic) bond motifs is 1. The maximum absolute atomic E-state index is 13.2. The van der Waals surface area contributed by atoms with Crippen molar-refractivity contribution in [1.82, 2.24) is 9.80 Å². The van der Waals surface area contributed by atoms with Crippen LogP contribution in [0, 0.1) is 47.3 Å². The van der Waals surface area contributed by atoms with Gasteiger partial charge in [0.1, 0.15) is 12.1 Å². The predicted molar refractivity (Wildman–Crippen MR) is 110 cm³/mol. The minimum absolute atomic E-state index is 0.268. The number of carbonyl (C=O) groups excluding carboxylic acids is 6. The van der Waals surface area contributed by atoms with Crippen LogP contribution in [0.5, 0.6) is 0 Å². The zero-order valence-corrected chi connectivity index (χ0v) is 18.7. The fraction of sp³-hybridized carbons (Fsp3) is 0.636. The van der Waals surface area contributed by atoms with Crippen LogP contribution in [0.15, 0.2) is 12.2 Å². The zero-order valence-electron chi connectivity index (χ0n) is 18.7. The Kier molecular flexibility index (Phi) is 5.13. The number of rotatable bonds is 6. The summed E-state index contributed by atoms with van der Waals surface area (Å²) in [5.74, 6) is -7.16. The van der Waals surface area contributed by atoms with E-state index in [-0.39, 0.29) is 11.8 Å².